The first-order chi connectivity index (χ1) is 14.7. The second-order valence-corrected chi connectivity index (χ2v) is 9.22. The molecule has 0 N–H and O–H groups in total. The summed E-state index contributed by atoms with van der Waals surface area (Å²) in [6, 6.07) is 15.3. The highest BCUT2D eigenvalue weighted by Gasteiger charge is 2.15. The number of ether oxygens (including phenoxy) is 2. The van der Waals surface area contributed by atoms with Crippen molar-refractivity contribution in [3.05, 3.63) is 95.8 Å². The van der Waals surface area contributed by atoms with Crippen molar-refractivity contribution in [3.8, 4) is 5.75 Å². The Kier molecular flexibility index (Phi) is 8.17. The third-order valence-electron chi connectivity index (χ3n) is 4.28. The lowest BCUT2D eigenvalue weighted by Gasteiger charge is -2.12. The first-order valence-corrected chi connectivity index (χ1v) is 11.4. The van der Waals surface area contributed by atoms with E-state index >= 15 is 0 Å². The summed E-state index contributed by atoms with van der Waals surface area (Å²) < 4.78 is 12.7. The van der Waals surface area contributed by atoms with Crippen LogP contribution in [0.15, 0.2) is 63.5 Å². The number of halogens is 4. The minimum Gasteiger partial charge on any atom is -0.487 e. The molecule has 0 saturated carbocycles. The Morgan fingerprint density at radius 2 is 1.58 bits per heavy atom. The maximum atomic E-state index is 12.3. The van der Waals surface area contributed by atoms with Crippen LogP contribution in [0, 0.1) is 6.92 Å². The number of carbonyl (C=O) groups is 2. The van der Waals surface area contributed by atoms with Crippen LogP contribution in [0.25, 0.3) is 0 Å². The first-order valence-electron chi connectivity index (χ1n) is 9.07. The molecule has 0 aromatic heterocycles. The van der Waals surface area contributed by atoms with Gasteiger partial charge in [-0.3, -0.25) is 4.79 Å². The smallest absolute Gasteiger partial charge is 0.338 e. The molecule has 0 radical (unpaired) electrons. The van der Waals surface area contributed by atoms with Crippen molar-refractivity contribution < 1.29 is 19.1 Å². The number of ketones is 1. The Bertz CT molecular complexity index is 1110. The molecule has 3 aromatic carbocycles. The maximum Gasteiger partial charge on any atom is 0.338 e. The van der Waals surface area contributed by atoms with Crippen LogP contribution in [0.5, 0.6) is 5.75 Å². The molecule has 0 heterocycles. The van der Waals surface area contributed by atoms with Gasteiger partial charge in [0.05, 0.1) is 19.5 Å². The molecular weight excluding hydrogens is 571 g/mol. The number of Topliss-reactive ketones (excluding diaryl/α,β-unsaturated/α-hetero) is 1. The fourth-order valence-corrected chi connectivity index (χ4v) is 4.76. The van der Waals surface area contributed by atoms with Gasteiger partial charge in [-0.1, -0.05) is 35.3 Å². The van der Waals surface area contributed by atoms with Crippen LogP contribution >= 0.6 is 55.1 Å². The Morgan fingerprint density at radius 3 is 2.23 bits per heavy atom. The summed E-state index contributed by atoms with van der Waals surface area (Å²) >= 11 is 18.9. The number of esters is 1. The molecule has 0 atom stereocenters. The van der Waals surface area contributed by atoms with Crippen LogP contribution in [0.1, 0.15) is 31.8 Å². The lowest BCUT2D eigenvalue weighted by Crippen LogP contribution is -2.14. The van der Waals surface area contributed by atoms with E-state index in [-0.39, 0.29) is 10.6 Å². The lowest BCUT2D eigenvalue weighted by atomic mass is 10.1. The Morgan fingerprint density at radius 1 is 0.935 bits per heavy atom. The van der Waals surface area contributed by atoms with Gasteiger partial charge in [-0.2, -0.15) is 0 Å². The third-order valence-corrected chi connectivity index (χ3v) is 6.02. The number of rotatable bonds is 7. The summed E-state index contributed by atoms with van der Waals surface area (Å²) in [4.78, 5) is 24.5. The van der Waals surface area contributed by atoms with E-state index in [1.165, 1.54) is 12.1 Å². The molecule has 31 heavy (non-hydrogen) atoms. The van der Waals surface area contributed by atoms with Crippen molar-refractivity contribution in [3.63, 3.8) is 0 Å². The Balaban J connectivity index is 1.58. The number of hydrogen-bond acceptors (Lipinski definition) is 4. The van der Waals surface area contributed by atoms with Gasteiger partial charge in [0.15, 0.2) is 6.61 Å². The number of hydrogen-bond donors (Lipinski definition) is 0. The van der Waals surface area contributed by atoms with Crippen molar-refractivity contribution >= 4 is 66.8 Å². The fourth-order valence-electron chi connectivity index (χ4n) is 2.72. The molecule has 0 aliphatic rings. The summed E-state index contributed by atoms with van der Waals surface area (Å²) in [5.41, 5.74) is 2.51. The zero-order chi connectivity index (χ0) is 22.5. The minimum absolute atomic E-state index is 0.211. The van der Waals surface area contributed by atoms with Gasteiger partial charge in [0.2, 0.25) is 5.78 Å². The van der Waals surface area contributed by atoms with Crippen LogP contribution < -0.4 is 4.74 Å². The van der Waals surface area contributed by atoms with E-state index in [1.54, 1.807) is 30.3 Å². The highest BCUT2D eigenvalue weighted by Crippen LogP contribution is 2.35. The molecule has 0 saturated heterocycles. The summed E-state index contributed by atoms with van der Waals surface area (Å²) in [6.45, 7) is 1.88. The highest BCUT2D eigenvalue weighted by atomic mass is 79.9. The lowest BCUT2D eigenvalue weighted by molar-refractivity contribution is 0.0474. The quantitative estimate of drug-likeness (QED) is 0.213. The van der Waals surface area contributed by atoms with Gasteiger partial charge in [0.1, 0.15) is 12.4 Å². The molecule has 4 nitrogen and oxygen atoms in total. The number of benzene rings is 3. The zero-order valence-corrected chi connectivity index (χ0v) is 20.9. The van der Waals surface area contributed by atoms with Crippen molar-refractivity contribution in [2.75, 3.05) is 6.61 Å². The molecule has 0 fully saturated rings. The minimum atomic E-state index is -0.608. The van der Waals surface area contributed by atoms with Gasteiger partial charge in [-0.05, 0) is 92.4 Å². The normalized spacial score (nSPS) is 10.6. The monoisotopic (exact) mass is 584 g/mol. The van der Waals surface area contributed by atoms with E-state index in [1.807, 2.05) is 19.1 Å². The topological polar surface area (TPSA) is 52.6 Å². The van der Waals surface area contributed by atoms with Crippen LogP contribution in [-0.4, -0.2) is 18.4 Å². The molecule has 0 aliphatic carbocycles. The number of aryl methyl sites for hydroxylation is 1. The van der Waals surface area contributed by atoms with Gasteiger partial charge < -0.3 is 9.47 Å². The number of carbonyl (C=O) groups excluding carboxylic acids is 2. The Hall–Kier alpha value is -1.86. The van der Waals surface area contributed by atoms with Crippen molar-refractivity contribution in [1.82, 2.24) is 0 Å². The molecule has 160 valence electrons. The summed E-state index contributed by atoms with van der Waals surface area (Å²) in [5.74, 6) is -0.338. The largest absolute Gasteiger partial charge is 0.487 e. The van der Waals surface area contributed by atoms with Gasteiger partial charge in [-0.15, -0.1) is 0 Å². The van der Waals surface area contributed by atoms with E-state index in [9.17, 15) is 9.59 Å². The van der Waals surface area contributed by atoms with Gasteiger partial charge in [0.25, 0.3) is 0 Å². The van der Waals surface area contributed by atoms with Gasteiger partial charge >= 0.3 is 5.97 Å². The van der Waals surface area contributed by atoms with Crippen LogP contribution in [-0.2, 0) is 11.3 Å². The molecule has 0 bridgehead atoms. The molecular formula is C23H16Br2Cl2O4. The molecule has 8 heteroatoms. The highest BCUT2D eigenvalue weighted by molar-refractivity contribution is 9.11. The van der Waals surface area contributed by atoms with E-state index in [0.717, 1.165) is 20.1 Å². The summed E-state index contributed by atoms with van der Waals surface area (Å²) in [5, 5.41) is 0.628. The van der Waals surface area contributed by atoms with Crippen LogP contribution in [0.2, 0.25) is 10.0 Å². The predicted molar refractivity (Wildman–Crippen MR) is 128 cm³/mol. The first kappa shape index (κ1) is 23.8. The zero-order valence-electron chi connectivity index (χ0n) is 16.3. The van der Waals surface area contributed by atoms with Crippen LogP contribution in [0.3, 0.4) is 0 Å². The van der Waals surface area contributed by atoms with Crippen LogP contribution in [0.4, 0.5) is 0 Å². The molecule has 0 unspecified atom stereocenters. The van der Waals surface area contributed by atoms with Gasteiger partial charge in [-0.25, -0.2) is 4.79 Å². The molecule has 0 amide bonds. The summed E-state index contributed by atoms with van der Waals surface area (Å²) in [7, 11) is 0. The van der Waals surface area contributed by atoms with Crippen molar-refractivity contribution in [2.45, 2.75) is 13.5 Å². The molecule has 0 spiro atoms. The predicted octanol–water partition coefficient (Wildman–Crippen LogP) is 7.45. The van der Waals surface area contributed by atoms with E-state index in [4.69, 9.17) is 32.7 Å². The van der Waals surface area contributed by atoms with E-state index in [0.29, 0.717) is 22.9 Å². The summed E-state index contributed by atoms with van der Waals surface area (Å²) in [6.07, 6.45) is 0. The molecule has 0 aliphatic heterocycles. The fraction of sp³-hybridized carbons (Fsp3) is 0.130. The van der Waals surface area contributed by atoms with Crippen molar-refractivity contribution in [1.29, 1.82) is 0 Å². The third kappa shape index (κ3) is 6.32. The molecule has 3 rings (SSSR count). The second kappa shape index (κ2) is 10.6. The second-order valence-electron chi connectivity index (χ2n) is 6.67. The average Bonchev–Trinajstić information content (AvgIpc) is 2.73. The van der Waals surface area contributed by atoms with E-state index in [2.05, 4.69) is 31.9 Å². The standard InChI is InChI=1S/C23H16Br2Cl2O4/c1-13-8-18(24)22(19(25)9-13)30-11-14-2-4-15(5-3-14)23(29)31-12-21(28)17-10-16(26)6-7-20(17)27/h2-10H,11-12H2,1H3. The average molecular weight is 587 g/mol. The van der Waals surface area contributed by atoms with E-state index < -0.39 is 18.4 Å². The molecule has 3 aromatic rings. The van der Waals surface area contributed by atoms with Gasteiger partial charge in [0, 0.05) is 10.6 Å². The maximum absolute atomic E-state index is 12.3. The SMILES string of the molecule is Cc1cc(Br)c(OCc2ccc(C(=O)OCC(=O)c3cc(Cl)ccc3Cl)cc2)c(Br)c1. The van der Waals surface area contributed by atoms with Crippen molar-refractivity contribution in [2.24, 2.45) is 0 Å². The Labute approximate surface area is 206 Å².